The molecule has 70 valence electrons. The summed E-state index contributed by atoms with van der Waals surface area (Å²) in [6.45, 7) is 0. The Morgan fingerprint density at radius 3 is 2.85 bits per heavy atom. The molecule has 1 aromatic heterocycles. The molecular formula is C9H13N3O. The lowest BCUT2D eigenvalue weighted by molar-refractivity contribution is 0.0780. The highest BCUT2D eigenvalue weighted by molar-refractivity contribution is 5.93. The Bertz CT molecular complexity index is 327. The summed E-state index contributed by atoms with van der Waals surface area (Å²) in [4.78, 5) is 16.3. The van der Waals surface area contributed by atoms with Crippen molar-refractivity contribution in [3.8, 4) is 0 Å². The van der Waals surface area contributed by atoms with Crippen molar-refractivity contribution in [2.45, 2.75) is 18.9 Å². The van der Waals surface area contributed by atoms with Gasteiger partial charge in [-0.2, -0.15) is 0 Å². The van der Waals surface area contributed by atoms with Crippen molar-refractivity contribution in [1.29, 1.82) is 0 Å². The second-order valence-corrected chi connectivity index (χ2v) is 3.49. The molecular weight excluding hydrogens is 166 g/mol. The summed E-state index contributed by atoms with van der Waals surface area (Å²) in [6, 6.07) is 2.11. The Hall–Kier alpha value is -1.45. The number of carbonyl (C=O) groups is 1. The highest BCUT2D eigenvalue weighted by atomic mass is 16.2. The Morgan fingerprint density at radius 2 is 2.38 bits per heavy atom. The Morgan fingerprint density at radius 1 is 1.69 bits per heavy atom. The average Bonchev–Trinajstić information content (AvgIpc) is 2.87. The number of anilines is 1. The first-order valence-electron chi connectivity index (χ1n) is 4.39. The number of nitrogens with two attached hydrogens (primary N) is 1. The van der Waals surface area contributed by atoms with Gasteiger partial charge in [0.1, 0.15) is 5.69 Å². The van der Waals surface area contributed by atoms with Crippen LogP contribution >= 0.6 is 0 Å². The van der Waals surface area contributed by atoms with Crippen LogP contribution in [0.3, 0.4) is 0 Å². The van der Waals surface area contributed by atoms with Gasteiger partial charge < -0.3 is 15.6 Å². The summed E-state index contributed by atoms with van der Waals surface area (Å²) in [5.74, 6) is 0.0270. The predicted molar refractivity (Wildman–Crippen MR) is 50.3 cm³/mol. The zero-order chi connectivity index (χ0) is 9.42. The van der Waals surface area contributed by atoms with Gasteiger partial charge in [-0.15, -0.1) is 0 Å². The quantitative estimate of drug-likeness (QED) is 0.706. The maximum atomic E-state index is 11.7. The molecule has 0 radical (unpaired) electrons. The van der Waals surface area contributed by atoms with Gasteiger partial charge in [0.15, 0.2) is 0 Å². The summed E-state index contributed by atoms with van der Waals surface area (Å²) in [7, 11) is 1.83. The molecule has 0 spiro atoms. The van der Waals surface area contributed by atoms with E-state index < -0.39 is 0 Å². The van der Waals surface area contributed by atoms with Gasteiger partial charge in [-0.1, -0.05) is 0 Å². The Balaban J connectivity index is 2.11. The number of hydrogen-bond donors (Lipinski definition) is 2. The number of rotatable bonds is 2. The number of aromatic nitrogens is 1. The minimum Gasteiger partial charge on any atom is -0.397 e. The topological polar surface area (TPSA) is 62.1 Å². The molecule has 0 saturated heterocycles. The lowest BCUT2D eigenvalue weighted by Crippen LogP contribution is -2.28. The minimum atomic E-state index is 0.0270. The Kier molecular flexibility index (Phi) is 1.76. The molecule has 0 unspecified atom stereocenters. The van der Waals surface area contributed by atoms with E-state index in [2.05, 4.69) is 4.98 Å². The molecule has 1 aliphatic carbocycles. The third-order valence-corrected chi connectivity index (χ3v) is 2.35. The van der Waals surface area contributed by atoms with E-state index in [0.717, 1.165) is 12.8 Å². The molecule has 1 saturated carbocycles. The highest BCUT2D eigenvalue weighted by Crippen LogP contribution is 2.26. The first-order valence-corrected chi connectivity index (χ1v) is 4.39. The van der Waals surface area contributed by atoms with Crippen LogP contribution < -0.4 is 5.73 Å². The number of nitrogens with one attached hydrogen (secondary N) is 1. The van der Waals surface area contributed by atoms with Crippen LogP contribution in [0.2, 0.25) is 0 Å². The molecule has 0 aliphatic heterocycles. The molecule has 1 aromatic rings. The molecule has 4 nitrogen and oxygen atoms in total. The van der Waals surface area contributed by atoms with Crippen molar-refractivity contribution in [1.82, 2.24) is 9.88 Å². The van der Waals surface area contributed by atoms with Gasteiger partial charge in [0.2, 0.25) is 0 Å². The van der Waals surface area contributed by atoms with Gasteiger partial charge in [0.05, 0.1) is 0 Å². The second kappa shape index (κ2) is 2.80. The second-order valence-electron chi connectivity index (χ2n) is 3.49. The number of aromatic amines is 1. The third kappa shape index (κ3) is 1.52. The number of hydrogen-bond acceptors (Lipinski definition) is 2. The average molecular weight is 179 g/mol. The van der Waals surface area contributed by atoms with Crippen molar-refractivity contribution in [3.63, 3.8) is 0 Å². The van der Waals surface area contributed by atoms with Gasteiger partial charge in [-0.3, -0.25) is 4.79 Å². The van der Waals surface area contributed by atoms with E-state index in [1.165, 1.54) is 0 Å². The molecule has 4 heteroatoms. The number of amides is 1. The van der Waals surface area contributed by atoms with Gasteiger partial charge in [0.25, 0.3) is 5.91 Å². The number of H-pyrrole nitrogens is 1. The Labute approximate surface area is 76.7 Å². The number of nitrogen functional groups attached to an aromatic ring is 1. The standard InChI is InChI=1S/C9H13N3O/c1-12(7-2-3-7)9(13)8-4-6(10)5-11-8/h4-5,7,11H,2-3,10H2,1H3. The van der Waals surface area contributed by atoms with E-state index in [-0.39, 0.29) is 5.91 Å². The fraction of sp³-hybridized carbons (Fsp3) is 0.444. The van der Waals surface area contributed by atoms with E-state index in [4.69, 9.17) is 5.73 Å². The first kappa shape index (κ1) is 8.16. The predicted octanol–water partition coefficient (Wildman–Crippen LogP) is 0.831. The zero-order valence-electron chi connectivity index (χ0n) is 7.58. The SMILES string of the molecule is CN(C(=O)c1cc(N)c[nH]1)C1CC1. The first-order chi connectivity index (χ1) is 6.18. The summed E-state index contributed by atoms with van der Waals surface area (Å²) >= 11 is 0. The maximum absolute atomic E-state index is 11.7. The molecule has 2 rings (SSSR count). The van der Waals surface area contributed by atoms with Gasteiger partial charge in [0, 0.05) is 25.0 Å². The van der Waals surface area contributed by atoms with Crippen LogP contribution in [-0.2, 0) is 0 Å². The van der Waals surface area contributed by atoms with E-state index in [1.807, 2.05) is 7.05 Å². The normalized spacial score (nSPS) is 15.8. The largest absolute Gasteiger partial charge is 0.397 e. The van der Waals surface area contributed by atoms with Crippen molar-refractivity contribution in [2.24, 2.45) is 0 Å². The van der Waals surface area contributed by atoms with E-state index in [1.54, 1.807) is 17.2 Å². The highest BCUT2D eigenvalue weighted by Gasteiger charge is 2.30. The van der Waals surface area contributed by atoms with Crippen LogP contribution in [0.1, 0.15) is 23.3 Å². The van der Waals surface area contributed by atoms with Gasteiger partial charge in [-0.25, -0.2) is 0 Å². The lowest BCUT2D eigenvalue weighted by atomic mass is 10.3. The molecule has 3 N–H and O–H groups in total. The molecule has 0 bridgehead atoms. The van der Waals surface area contributed by atoms with Crippen molar-refractivity contribution in [3.05, 3.63) is 18.0 Å². The van der Waals surface area contributed by atoms with Crippen molar-refractivity contribution < 1.29 is 4.79 Å². The summed E-state index contributed by atoms with van der Waals surface area (Å²) in [6.07, 6.45) is 3.88. The molecule has 13 heavy (non-hydrogen) atoms. The number of carbonyl (C=O) groups excluding carboxylic acids is 1. The number of nitrogens with zero attached hydrogens (tertiary/aromatic N) is 1. The monoisotopic (exact) mass is 179 g/mol. The van der Waals surface area contributed by atoms with Crippen LogP contribution in [0.4, 0.5) is 5.69 Å². The molecule has 0 atom stereocenters. The van der Waals surface area contributed by atoms with Crippen LogP contribution in [0, 0.1) is 0 Å². The van der Waals surface area contributed by atoms with Crippen molar-refractivity contribution >= 4 is 11.6 Å². The van der Waals surface area contributed by atoms with Crippen molar-refractivity contribution in [2.75, 3.05) is 12.8 Å². The van der Waals surface area contributed by atoms with E-state index in [0.29, 0.717) is 17.4 Å². The summed E-state index contributed by atoms with van der Waals surface area (Å²) in [5, 5.41) is 0. The fourth-order valence-electron chi connectivity index (χ4n) is 1.35. The van der Waals surface area contributed by atoms with Gasteiger partial charge >= 0.3 is 0 Å². The van der Waals surface area contributed by atoms with Crippen LogP contribution in [0.25, 0.3) is 0 Å². The van der Waals surface area contributed by atoms with Gasteiger partial charge in [-0.05, 0) is 18.9 Å². The molecule has 1 amide bonds. The zero-order valence-corrected chi connectivity index (χ0v) is 7.58. The lowest BCUT2D eigenvalue weighted by Gasteiger charge is -2.14. The van der Waals surface area contributed by atoms with Crippen LogP contribution in [0.15, 0.2) is 12.3 Å². The van der Waals surface area contributed by atoms with E-state index >= 15 is 0 Å². The molecule has 1 heterocycles. The summed E-state index contributed by atoms with van der Waals surface area (Å²) in [5.41, 5.74) is 6.69. The van der Waals surface area contributed by atoms with Crippen LogP contribution in [-0.4, -0.2) is 28.9 Å². The fourth-order valence-corrected chi connectivity index (χ4v) is 1.35. The molecule has 0 aromatic carbocycles. The molecule has 1 aliphatic rings. The smallest absolute Gasteiger partial charge is 0.270 e. The third-order valence-electron chi connectivity index (χ3n) is 2.35. The minimum absolute atomic E-state index is 0.0270. The van der Waals surface area contributed by atoms with Crippen LogP contribution in [0.5, 0.6) is 0 Å². The maximum Gasteiger partial charge on any atom is 0.270 e. The molecule has 1 fully saturated rings. The van der Waals surface area contributed by atoms with E-state index in [9.17, 15) is 4.79 Å². The summed E-state index contributed by atoms with van der Waals surface area (Å²) < 4.78 is 0.